The van der Waals surface area contributed by atoms with Crippen molar-refractivity contribution >= 4 is 11.4 Å². The molecule has 1 aromatic carbocycles. The Hall–Kier alpha value is -1.33. The van der Waals surface area contributed by atoms with Crippen molar-refractivity contribution < 1.29 is 9.13 Å². The summed E-state index contributed by atoms with van der Waals surface area (Å²) in [5.74, 6) is 0.956. The maximum absolute atomic E-state index is 14.6. The van der Waals surface area contributed by atoms with Gasteiger partial charge < -0.3 is 20.7 Å². The van der Waals surface area contributed by atoms with Crippen molar-refractivity contribution in [1.82, 2.24) is 0 Å². The lowest BCUT2D eigenvalue weighted by Crippen LogP contribution is -2.45. The van der Waals surface area contributed by atoms with Crippen LogP contribution in [0.2, 0.25) is 0 Å². The zero-order valence-electron chi connectivity index (χ0n) is 15.7. The molecule has 0 amide bonds. The van der Waals surface area contributed by atoms with Crippen LogP contribution in [-0.2, 0) is 4.74 Å². The Morgan fingerprint density at radius 2 is 1.92 bits per heavy atom. The van der Waals surface area contributed by atoms with Gasteiger partial charge in [-0.15, -0.1) is 0 Å². The van der Waals surface area contributed by atoms with Crippen molar-refractivity contribution in [1.29, 1.82) is 0 Å². The van der Waals surface area contributed by atoms with Crippen LogP contribution in [0.5, 0.6) is 0 Å². The zero-order valence-corrected chi connectivity index (χ0v) is 15.7. The third kappa shape index (κ3) is 4.64. The minimum Gasteiger partial charge on any atom is -0.382 e. The lowest BCUT2D eigenvalue weighted by molar-refractivity contribution is -0.00523. The highest BCUT2D eigenvalue weighted by Gasteiger charge is 2.25. The van der Waals surface area contributed by atoms with E-state index < -0.39 is 0 Å². The molecule has 2 fully saturated rings. The largest absolute Gasteiger partial charge is 0.382 e. The Morgan fingerprint density at radius 3 is 2.56 bits per heavy atom. The summed E-state index contributed by atoms with van der Waals surface area (Å²) in [4.78, 5) is 2.20. The first kappa shape index (κ1) is 18.5. The highest BCUT2D eigenvalue weighted by atomic mass is 19.1. The Morgan fingerprint density at radius 1 is 1.20 bits per heavy atom. The molecule has 2 aliphatic rings. The summed E-state index contributed by atoms with van der Waals surface area (Å²) in [6.07, 6.45) is 3.66. The maximum Gasteiger partial charge on any atom is 0.148 e. The summed E-state index contributed by atoms with van der Waals surface area (Å²) in [6, 6.07) is 5.85. The minimum absolute atomic E-state index is 0.171. The van der Waals surface area contributed by atoms with Gasteiger partial charge in [-0.2, -0.15) is 0 Å². The summed E-state index contributed by atoms with van der Waals surface area (Å²) in [5, 5.41) is 3.31. The predicted octanol–water partition coefficient (Wildman–Crippen LogP) is 3.61. The average Bonchev–Trinajstić information content (AvgIpc) is 2.56. The Balaban J connectivity index is 1.58. The van der Waals surface area contributed by atoms with Gasteiger partial charge in [0.2, 0.25) is 0 Å². The topological polar surface area (TPSA) is 50.5 Å². The second-order valence-electron chi connectivity index (χ2n) is 8.03. The van der Waals surface area contributed by atoms with Gasteiger partial charge in [0.1, 0.15) is 5.82 Å². The van der Waals surface area contributed by atoms with Gasteiger partial charge in [-0.1, -0.05) is 6.92 Å². The molecule has 140 valence electrons. The highest BCUT2D eigenvalue weighted by molar-refractivity contribution is 5.56. The molecule has 3 rings (SSSR count). The summed E-state index contributed by atoms with van der Waals surface area (Å²) >= 11 is 0. The molecule has 4 unspecified atom stereocenters. The maximum atomic E-state index is 14.6. The first-order valence-corrected chi connectivity index (χ1v) is 9.61. The number of benzene rings is 1. The fraction of sp³-hybridized carbons (Fsp3) is 0.700. The second kappa shape index (κ2) is 7.92. The molecule has 25 heavy (non-hydrogen) atoms. The Labute approximate surface area is 150 Å². The van der Waals surface area contributed by atoms with E-state index in [-0.39, 0.29) is 18.0 Å². The Kier molecular flexibility index (Phi) is 5.85. The standard InChI is InChI=1S/C20H32FN3O/c1-13-8-16(4-6-19(13)22)10-23-20-7-5-17(9-18(20)21)24-11-14(2)25-15(3)12-24/h5,7,9,13-16,19,23H,4,6,8,10-12,22H2,1-3H3/t13?,14?,15?,16-,19?/m1/s1. The molecule has 0 radical (unpaired) electrons. The molecule has 5 heteroatoms. The van der Waals surface area contributed by atoms with Gasteiger partial charge in [0, 0.05) is 31.4 Å². The van der Waals surface area contributed by atoms with Crippen LogP contribution >= 0.6 is 0 Å². The van der Waals surface area contributed by atoms with E-state index in [9.17, 15) is 4.39 Å². The fourth-order valence-corrected chi connectivity index (χ4v) is 4.20. The third-order valence-corrected chi connectivity index (χ3v) is 5.66. The van der Waals surface area contributed by atoms with Crippen LogP contribution in [0.15, 0.2) is 18.2 Å². The number of hydrogen-bond acceptors (Lipinski definition) is 4. The summed E-state index contributed by atoms with van der Waals surface area (Å²) in [6.45, 7) is 8.76. The number of rotatable bonds is 4. The van der Waals surface area contributed by atoms with E-state index in [2.05, 4.69) is 31.0 Å². The van der Waals surface area contributed by atoms with E-state index in [4.69, 9.17) is 10.5 Å². The molecule has 1 aliphatic carbocycles. The molecule has 0 spiro atoms. The van der Waals surface area contributed by atoms with Crippen LogP contribution < -0.4 is 16.0 Å². The van der Waals surface area contributed by atoms with E-state index in [1.165, 1.54) is 0 Å². The van der Waals surface area contributed by atoms with E-state index in [0.717, 1.165) is 44.6 Å². The van der Waals surface area contributed by atoms with E-state index in [1.54, 1.807) is 6.07 Å². The van der Waals surface area contributed by atoms with Crippen molar-refractivity contribution in [3.63, 3.8) is 0 Å². The molecule has 0 aromatic heterocycles. The van der Waals surface area contributed by atoms with Gasteiger partial charge >= 0.3 is 0 Å². The van der Waals surface area contributed by atoms with Crippen LogP contribution in [0, 0.1) is 17.7 Å². The van der Waals surface area contributed by atoms with Crippen LogP contribution in [0.3, 0.4) is 0 Å². The smallest absolute Gasteiger partial charge is 0.148 e. The molecule has 4 nitrogen and oxygen atoms in total. The zero-order chi connectivity index (χ0) is 18.0. The van der Waals surface area contributed by atoms with Crippen LogP contribution in [0.1, 0.15) is 40.0 Å². The molecule has 1 heterocycles. The molecular weight excluding hydrogens is 317 g/mol. The summed E-state index contributed by atoms with van der Waals surface area (Å²) in [5.41, 5.74) is 7.62. The van der Waals surface area contributed by atoms with Gasteiger partial charge in [0.15, 0.2) is 0 Å². The second-order valence-corrected chi connectivity index (χ2v) is 8.03. The highest BCUT2D eigenvalue weighted by Crippen LogP contribution is 2.29. The van der Waals surface area contributed by atoms with Crippen molar-refractivity contribution in [2.45, 2.75) is 58.3 Å². The molecule has 0 bridgehead atoms. The van der Waals surface area contributed by atoms with Gasteiger partial charge in [-0.05, 0) is 63.1 Å². The lowest BCUT2D eigenvalue weighted by atomic mass is 9.79. The molecule has 1 aromatic rings. The summed E-state index contributed by atoms with van der Waals surface area (Å²) < 4.78 is 20.3. The Bertz CT molecular complexity index is 572. The number of nitrogens with one attached hydrogen (secondary N) is 1. The average molecular weight is 349 g/mol. The monoisotopic (exact) mass is 349 g/mol. The molecule has 1 saturated heterocycles. The number of halogens is 1. The molecule has 3 N–H and O–H groups in total. The molecule has 1 aliphatic heterocycles. The lowest BCUT2D eigenvalue weighted by Gasteiger charge is -2.37. The normalized spacial score (nSPS) is 33.3. The van der Waals surface area contributed by atoms with Crippen LogP contribution in [0.25, 0.3) is 0 Å². The summed E-state index contributed by atoms with van der Waals surface area (Å²) in [7, 11) is 0. The van der Waals surface area contributed by atoms with Crippen LogP contribution in [-0.4, -0.2) is 37.9 Å². The van der Waals surface area contributed by atoms with Gasteiger partial charge in [-0.3, -0.25) is 0 Å². The number of hydrogen-bond donors (Lipinski definition) is 2. The number of ether oxygens (including phenoxy) is 1. The number of nitrogens with two attached hydrogens (primary N) is 1. The molecular formula is C20H32FN3O. The minimum atomic E-state index is -0.176. The first-order valence-electron chi connectivity index (χ1n) is 9.61. The molecule has 5 atom stereocenters. The predicted molar refractivity (Wildman–Crippen MR) is 102 cm³/mol. The van der Waals surface area contributed by atoms with Gasteiger partial charge in [-0.25, -0.2) is 4.39 Å². The quantitative estimate of drug-likeness (QED) is 0.872. The number of nitrogens with zero attached hydrogens (tertiary/aromatic N) is 1. The third-order valence-electron chi connectivity index (χ3n) is 5.66. The fourth-order valence-electron chi connectivity index (χ4n) is 4.20. The van der Waals surface area contributed by atoms with Gasteiger partial charge in [0.25, 0.3) is 0 Å². The van der Waals surface area contributed by atoms with Crippen molar-refractivity contribution in [2.24, 2.45) is 17.6 Å². The van der Waals surface area contributed by atoms with E-state index in [0.29, 0.717) is 23.6 Å². The van der Waals surface area contributed by atoms with Gasteiger partial charge in [0.05, 0.1) is 17.9 Å². The first-order chi connectivity index (χ1) is 11.9. The molecule has 1 saturated carbocycles. The van der Waals surface area contributed by atoms with Crippen molar-refractivity contribution in [2.75, 3.05) is 29.9 Å². The van der Waals surface area contributed by atoms with Crippen LogP contribution in [0.4, 0.5) is 15.8 Å². The SMILES string of the molecule is CC1CN(c2ccc(NC[C@@H]3CCC(N)C(C)C3)c(F)c2)CC(C)O1. The number of anilines is 2. The number of morpholine rings is 1. The van der Waals surface area contributed by atoms with E-state index in [1.807, 2.05) is 12.1 Å². The van der Waals surface area contributed by atoms with E-state index >= 15 is 0 Å². The van der Waals surface area contributed by atoms with Crippen molar-refractivity contribution in [3.8, 4) is 0 Å². The van der Waals surface area contributed by atoms with Crippen molar-refractivity contribution in [3.05, 3.63) is 24.0 Å².